The van der Waals surface area contributed by atoms with E-state index in [2.05, 4.69) is 21.2 Å². The molecule has 0 aliphatic heterocycles. The van der Waals surface area contributed by atoms with Crippen molar-refractivity contribution in [1.82, 2.24) is 0 Å². The Labute approximate surface area is 156 Å². The quantitative estimate of drug-likeness (QED) is 0.438. The van der Waals surface area contributed by atoms with Gasteiger partial charge in [0.05, 0.1) is 4.92 Å². The largest absolute Gasteiger partial charge is 0.449 e. The summed E-state index contributed by atoms with van der Waals surface area (Å²) in [6.07, 6.45) is -1.15. The molecule has 0 bridgehead atoms. The number of anilines is 1. The molecule has 25 heavy (non-hydrogen) atoms. The van der Waals surface area contributed by atoms with Gasteiger partial charge < -0.3 is 10.1 Å². The van der Waals surface area contributed by atoms with Crippen LogP contribution in [-0.2, 0) is 9.53 Å². The van der Waals surface area contributed by atoms with Crippen LogP contribution in [0.2, 0.25) is 5.02 Å². The summed E-state index contributed by atoms with van der Waals surface area (Å²) in [6, 6.07) is 10.4. The molecule has 0 radical (unpaired) electrons. The molecule has 0 heterocycles. The van der Waals surface area contributed by atoms with Gasteiger partial charge in [-0.2, -0.15) is 0 Å². The molecule has 0 aromatic heterocycles. The van der Waals surface area contributed by atoms with Gasteiger partial charge in [-0.05, 0) is 43.3 Å². The van der Waals surface area contributed by atoms with Crippen LogP contribution < -0.4 is 5.32 Å². The van der Waals surface area contributed by atoms with Crippen LogP contribution in [0.25, 0.3) is 0 Å². The number of nitrogens with zero attached hydrogens (tertiary/aromatic N) is 1. The summed E-state index contributed by atoms with van der Waals surface area (Å²) in [7, 11) is 0. The van der Waals surface area contributed by atoms with E-state index in [1.165, 1.54) is 19.1 Å². The second kappa shape index (κ2) is 8.09. The van der Waals surface area contributed by atoms with Gasteiger partial charge in [0.25, 0.3) is 11.6 Å². The van der Waals surface area contributed by atoms with Gasteiger partial charge >= 0.3 is 5.97 Å². The summed E-state index contributed by atoms with van der Waals surface area (Å²) in [4.78, 5) is 34.5. The van der Waals surface area contributed by atoms with Crippen molar-refractivity contribution in [3.8, 4) is 0 Å². The third kappa shape index (κ3) is 5.01. The molecule has 0 spiro atoms. The number of ether oxygens (including phenoxy) is 1. The van der Waals surface area contributed by atoms with Crippen LogP contribution in [0.5, 0.6) is 0 Å². The van der Waals surface area contributed by atoms with Crippen LogP contribution in [0, 0.1) is 10.1 Å². The number of hydrogen-bond donors (Lipinski definition) is 1. The van der Waals surface area contributed by atoms with Crippen LogP contribution in [0.15, 0.2) is 46.9 Å². The zero-order valence-corrected chi connectivity index (χ0v) is 15.2. The van der Waals surface area contributed by atoms with Crippen molar-refractivity contribution in [2.24, 2.45) is 0 Å². The number of nitro groups is 1. The molecule has 1 amide bonds. The fourth-order valence-electron chi connectivity index (χ4n) is 1.88. The molecule has 0 fully saturated rings. The number of esters is 1. The minimum atomic E-state index is -1.15. The number of amides is 1. The minimum Gasteiger partial charge on any atom is -0.449 e. The van der Waals surface area contributed by atoms with E-state index in [9.17, 15) is 19.7 Å². The first-order chi connectivity index (χ1) is 11.8. The number of benzene rings is 2. The zero-order valence-electron chi connectivity index (χ0n) is 12.9. The highest BCUT2D eigenvalue weighted by atomic mass is 79.9. The summed E-state index contributed by atoms with van der Waals surface area (Å²) in [6.45, 7) is 1.37. The molecule has 1 unspecified atom stereocenters. The zero-order chi connectivity index (χ0) is 18.6. The summed E-state index contributed by atoms with van der Waals surface area (Å²) in [5, 5.41) is 13.7. The average molecular weight is 428 g/mol. The Morgan fingerprint density at radius 2 is 1.88 bits per heavy atom. The molecule has 0 aliphatic rings. The highest BCUT2D eigenvalue weighted by Crippen LogP contribution is 2.24. The Kier molecular flexibility index (Phi) is 6.11. The number of nitrogens with one attached hydrogen (secondary N) is 1. The van der Waals surface area contributed by atoms with Crippen molar-refractivity contribution in [2.75, 3.05) is 5.32 Å². The molecule has 2 rings (SSSR count). The number of rotatable bonds is 5. The molecule has 2 aromatic rings. The fraction of sp³-hybridized carbons (Fsp3) is 0.125. The topological polar surface area (TPSA) is 98.5 Å². The van der Waals surface area contributed by atoms with Gasteiger partial charge in [0, 0.05) is 21.2 Å². The van der Waals surface area contributed by atoms with E-state index < -0.39 is 28.6 Å². The van der Waals surface area contributed by atoms with E-state index >= 15 is 0 Å². The van der Waals surface area contributed by atoms with Crippen molar-refractivity contribution >= 4 is 50.8 Å². The molecular weight excluding hydrogens is 416 g/mol. The van der Waals surface area contributed by atoms with E-state index in [0.29, 0.717) is 5.69 Å². The maximum absolute atomic E-state index is 12.1. The van der Waals surface area contributed by atoms with E-state index in [-0.39, 0.29) is 10.6 Å². The number of carbonyl (C=O) groups is 2. The van der Waals surface area contributed by atoms with Crippen LogP contribution in [0.1, 0.15) is 17.3 Å². The maximum atomic E-state index is 12.1. The number of carbonyl (C=O) groups excluding carboxylic acids is 2. The Morgan fingerprint density at radius 3 is 2.48 bits per heavy atom. The summed E-state index contributed by atoms with van der Waals surface area (Å²) in [5.74, 6) is -1.55. The first-order valence-electron chi connectivity index (χ1n) is 6.99. The number of hydrogen-bond acceptors (Lipinski definition) is 5. The standard InChI is InChI=1S/C16H12BrClN2O5/c1-9(15(21)19-12-5-2-10(17)3-6-12)25-16(22)13-7-4-11(18)8-14(13)20(23)24/h2-9H,1H3,(H,19,21). The van der Waals surface area contributed by atoms with Crippen LogP contribution in [0.3, 0.4) is 0 Å². The number of halogens is 2. The molecule has 2 aromatic carbocycles. The van der Waals surface area contributed by atoms with Gasteiger partial charge in [0.1, 0.15) is 5.56 Å². The smallest absolute Gasteiger partial charge is 0.345 e. The summed E-state index contributed by atoms with van der Waals surface area (Å²) in [5.41, 5.74) is -0.246. The van der Waals surface area contributed by atoms with Gasteiger partial charge in [0.2, 0.25) is 0 Å². The van der Waals surface area contributed by atoms with E-state index in [0.717, 1.165) is 10.5 Å². The van der Waals surface area contributed by atoms with Crippen LogP contribution in [0.4, 0.5) is 11.4 Å². The van der Waals surface area contributed by atoms with Gasteiger partial charge in [-0.15, -0.1) is 0 Å². The van der Waals surface area contributed by atoms with Gasteiger partial charge in [-0.1, -0.05) is 27.5 Å². The Hall–Kier alpha value is -2.45. The van der Waals surface area contributed by atoms with E-state index in [1.54, 1.807) is 24.3 Å². The summed E-state index contributed by atoms with van der Waals surface area (Å²) >= 11 is 8.98. The van der Waals surface area contributed by atoms with E-state index in [1.807, 2.05) is 0 Å². The SMILES string of the molecule is CC(OC(=O)c1ccc(Cl)cc1[N+](=O)[O-])C(=O)Nc1ccc(Br)cc1. The second-order valence-electron chi connectivity index (χ2n) is 4.96. The lowest BCUT2D eigenvalue weighted by Gasteiger charge is -2.13. The molecular formula is C16H12BrClN2O5. The van der Waals surface area contributed by atoms with Crippen molar-refractivity contribution in [1.29, 1.82) is 0 Å². The Bertz CT molecular complexity index is 826. The Morgan fingerprint density at radius 1 is 1.24 bits per heavy atom. The molecule has 7 nitrogen and oxygen atoms in total. The fourth-order valence-corrected chi connectivity index (χ4v) is 2.31. The predicted octanol–water partition coefficient (Wildman–Crippen LogP) is 4.19. The van der Waals surface area contributed by atoms with E-state index in [4.69, 9.17) is 16.3 Å². The lowest BCUT2D eigenvalue weighted by atomic mass is 10.2. The van der Waals surface area contributed by atoms with Crippen molar-refractivity contribution < 1.29 is 19.2 Å². The average Bonchev–Trinajstić information content (AvgIpc) is 2.56. The van der Waals surface area contributed by atoms with Crippen LogP contribution in [-0.4, -0.2) is 22.9 Å². The lowest BCUT2D eigenvalue weighted by molar-refractivity contribution is -0.385. The second-order valence-corrected chi connectivity index (χ2v) is 6.31. The van der Waals surface area contributed by atoms with Crippen LogP contribution >= 0.6 is 27.5 Å². The highest BCUT2D eigenvalue weighted by molar-refractivity contribution is 9.10. The highest BCUT2D eigenvalue weighted by Gasteiger charge is 2.25. The molecule has 1 atom stereocenters. The monoisotopic (exact) mass is 426 g/mol. The first kappa shape index (κ1) is 18.9. The first-order valence-corrected chi connectivity index (χ1v) is 8.16. The molecule has 1 N–H and O–H groups in total. The van der Waals surface area contributed by atoms with Crippen molar-refractivity contribution in [2.45, 2.75) is 13.0 Å². The van der Waals surface area contributed by atoms with Gasteiger partial charge in [0.15, 0.2) is 6.10 Å². The van der Waals surface area contributed by atoms with Crippen molar-refractivity contribution in [3.63, 3.8) is 0 Å². The third-order valence-electron chi connectivity index (χ3n) is 3.14. The third-order valence-corrected chi connectivity index (χ3v) is 3.90. The Balaban J connectivity index is 2.08. The van der Waals surface area contributed by atoms with Gasteiger partial charge in [-0.25, -0.2) is 4.79 Å². The normalized spacial score (nSPS) is 11.5. The van der Waals surface area contributed by atoms with Crippen molar-refractivity contribution in [3.05, 3.63) is 67.6 Å². The molecule has 0 aliphatic carbocycles. The lowest BCUT2D eigenvalue weighted by Crippen LogP contribution is -2.30. The molecule has 9 heteroatoms. The maximum Gasteiger partial charge on any atom is 0.345 e. The molecule has 130 valence electrons. The summed E-state index contributed by atoms with van der Waals surface area (Å²) < 4.78 is 5.86. The molecule has 0 saturated heterocycles. The minimum absolute atomic E-state index is 0.115. The number of nitro benzene ring substituents is 1. The predicted molar refractivity (Wildman–Crippen MR) is 95.8 cm³/mol. The molecule has 0 saturated carbocycles. The van der Waals surface area contributed by atoms with Gasteiger partial charge in [-0.3, -0.25) is 14.9 Å².